The van der Waals surface area contributed by atoms with Gasteiger partial charge in [0.2, 0.25) is 0 Å². The third-order valence-corrected chi connectivity index (χ3v) is 6.77. The number of likely N-dealkylation sites (N-methyl/N-ethyl adjacent to an activating group) is 1. The first kappa shape index (κ1) is 22.9. The Morgan fingerprint density at radius 3 is 2.55 bits per heavy atom. The van der Waals surface area contributed by atoms with Crippen molar-refractivity contribution < 1.29 is 4.79 Å². The highest BCUT2D eigenvalue weighted by molar-refractivity contribution is 5.92. The monoisotopic (exact) mass is 443 g/mol. The molecule has 0 saturated carbocycles. The van der Waals surface area contributed by atoms with Gasteiger partial charge >= 0.3 is 0 Å². The molecular formula is C27H33N5O. The number of rotatable bonds is 5. The topological polar surface area (TPSA) is 62.6 Å². The number of nitrogens with one attached hydrogen (secondary N) is 1. The lowest BCUT2D eigenvalue weighted by Gasteiger charge is -2.39. The highest BCUT2D eigenvalue weighted by Crippen LogP contribution is 2.44. The zero-order valence-electron chi connectivity index (χ0n) is 20.1. The van der Waals surface area contributed by atoms with Crippen LogP contribution >= 0.6 is 0 Å². The number of nitrogens with zero attached hydrogens (tertiary/aromatic N) is 4. The lowest BCUT2D eigenvalue weighted by Crippen LogP contribution is -2.37. The molecule has 4 rings (SSSR count). The number of hydrogen-bond acceptors (Lipinski definition) is 6. The minimum Gasteiger partial charge on any atom is -0.377 e. The van der Waals surface area contributed by atoms with Crippen LogP contribution in [-0.4, -0.2) is 53.6 Å². The van der Waals surface area contributed by atoms with E-state index in [4.69, 9.17) is 0 Å². The number of piperidine rings is 1. The molecule has 6 nitrogen and oxygen atoms in total. The fourth-order valence-electron chi connectivity index (χ4n) is 4.91. The second kappa shape index (κ2) is 9.68. The number of allylic oxidation sites excluding steroid dienone is 1. The van der Waals surface area contributed by atoms with Gasteiger partial charge in [-0.2, -0.15) is 5.26 Å². The fraction of sp³-hybridized carbons (Fsp3) is 0.407. The summed E-state index contributed by atoms with van der Waals surface area (Å²) in [5.74, 6) is 0.506. The van der Waals surface area contributed by atoms with Crippen LogP contribution in [0.2, 0.25) is 0 Å². The molecular weight excluding hydrogens is 410 g/mol. The maximum Gasteiger partial charge on any atom is 0.145 e. The average molecular weight is 444 g/mol. The van der Waals surface area contributed by atoms with E-state index < -0.39 is 0 Å². The maximum absolute atomic E-state index is 11.6. The standard InChI is InChI=1S/C27H33N5O/c1-19(18-33)13-23-25(30(2)3)15-22(21-7-9-29-10-8-21)16-26(23)32-12-11-31(4)24-6-5-20(17-28)14-27(24)32/h5-6,13-16,18,21,29H,7-12H2,1-4H3/b19-13-. The van der Waals surface area contributed by atoms with Gasteiger partial charge in [-0.25, -0.2) is 0 Å². The van der Waals surface area contributed by atoms with Crippen molar-refractivity contribution in [2.75, 3.05) is 62.0 Å². The van der Waals surface area contributed by atoms with Crippen molar-refractivity contribution in [1.29, 1.82) is 5.26 Å². The van der Waals surface area contributed by atoms with Crippen LogP contribution in [0.3, 0.4) is 0 Å². The van der Waals surface area contributed by atoms with Gasteiger partial charge in [0.15, 0.2) is 0 Å². The highest BCUT2D eigenvalue weighted by atomic mass is 16.1. The molecule has 2 aromatic carbocycles. The number of carbonyl (C=O) groups excluding carboxylic acids is 1. The Kier molecular flexibility index (Phi) is 6.71. The molecule has 2 aliphatic heterocycles. The van der Waals surface area contributed by atoms with E-state index in [1.807, 2.05) is 31.2 Å². The molecule has 1 saturated heterocycles. The van der Waals surface area contributed by atoms with Crippen LogP contribution in [0.4, 0.5) is 22.7 Å². The van der Waals surface area contributed by atoms with E-state index in [0.717, 1.165) is 73.6 Å². The first-order valence-corrected chi connectivity index (χ1v) is 11.6. The average Bonchev–Trinajstić information content (AvgIpc) is 2.84. The Balaban J connectivity index is 1.96. The number of anilines is 4. The third-order valence-electron chi connectivity index (χ3n) is 6.77. The van der Waals surface area contributed by atoms with Gasteiger partial charge in [-0.05, 0) is 86.3 Å². The molecule has 0 aliphatic carbocycles. The molecule has 0 amide bonds. The SMILES string of the molecule is C/C(C=O)=C/c1c(N(C)C)cc(C2CCNCC2)cc1N1CCN(C)c2ccc(C#N)cc21. The van der Waals surface area contributed by atoms with Crippen molar-refractivity contribution in [1.82, 2.24) is 5.32 Å². The number of carbonyl (C=O) groups is 1. The number of benzene rings is 2. The van der Waals surface area contributed by atoms with Crippen molar-refractivity contribution in [2.45, 2.75) is 25.7 Å². The number of aldehydes is 1. The molecule has 0 radical (unpaired) electrons. The van der Waals surface area contributed by atoms with Gasteiger partial charge < -0.3 is 20.0 Å². The predicted molar refractivity (Wildman–Crippen MR) is 137 cm³/mol. The molecule has 0 aromatic heterocycles. The lowest BCUT2D eigenvalue weighted by atomic mass is 9.87. The van der Waals surface area contributed by atoms with Gasteiger partial charge in [0.25, 0.3) is 0 Å². The normalized spacial score (nSPS) is 16.9. The molecule has 0 bridgehead atoms. The summed E-state index contributed by atoms with van der Waals surface area (Å²) in [7, 11) is 6.21. The van der Waals surface area contributed by atoms with Gasteiger partial charge in [0, 0.05) is 45.5 Å². The Morgan fingerprint density at radius 2 is 1.88 bits per heavy atom. The van der Waals surface area contributed by atoms with Crippen molar-refractivity contribution in [3.63, 3.8) is 0 Å². The first-order valence-electron chi connectivity index (χ1n) is 11.6. The summed E-state index contributed by atoms with van der Waals surface area (Å²) in [4.78, 5) is 18.3. The summed E-state index contributed by atoms with van der Waals surface area (Å²) in [5.41, 5.74) is 8.08. The molecule has 6 heteroatoms. The Bertz CT molecular complexity index is 1110. The van der Waals surface area contributed by atoms with E-state index in [0.29, 0.717) is 17.1 Å². The summed E-state index contributed by atoms with van der Waals surface area (Å²) in [6.07, 6.45) is 5.14. The maximum atomic E-state index is 11.6. The van der Waals surface area contributed by atoms with Crippen molar-refractivity contribution in [3.8, 4) is 6.07 Å². The quantitative estimate of drug-likeness (QED) is 0.550. The van der Waals surface area contributed by atoms with Crippen LogP contribution in [0.15, 0.2) is 35.9 Å². The minimum absolute atomic E-state index is 0.506. The van der Waals surface area contributed by atoms with Gasteiger partial charge in [-0.1, -0.05) is 0 Å². The van der Waals surface area contributed by atoms with E-state index in [1.165, 1.54) is 5.56 Å². The third kappa shape index (κ3) is 4.60. The van der Waals surface area contributed by atoms with Crippen LogP contribution in [0.25, 0.3) is 6.08 Å². The molecule has 172 valence electrons. The molecule has 2 heterocycles. The van der Waals surface area contributed by atoms with Gasteiger partial charge in [0.1, 0.15) is 6.29 Å². The first-order chi connectivity index (χ1) is 15.9. The number of nitriles is 1. The zero-order valence-corrected chi connectivity index (χ0v) is 20.1. The van der Waals surface area contributed by atoms with Gasteiger partial charge in [-0.3, -0.25) is 4.79 Å². The van der Waals surface area contributed by atoms with Crippen LogP contribution < -0.4 is 20.0 Å². The molecule has 0 spiro atoms. The summed E-state index contributed by atoms with van der Waals surface area (Å²) in [6.45, 7) is 5.60. The van der Waals surface area contributed by atoms with Crippen molar-refractivity contribution in [3.05, 3.63) is 52.6 Å². The summed E-state index contributed by atoms with van der Waals surface area (Å²) < 4.78 is 0. The Labute approximate surface area is 197 Å². The van der Waals surface area contributed by atoms with E-state index in [9.17, 15) is 10.1 Å². The van der Waals surface area contributed by atoms with E-state index in [1.54, 1.807) is 0 Å². The minimum atomic E-state index is 0.506. The summed E-state index contributed by atoms with van der Waals surface area (Å²) in [5, 5.41) is 13.0. The second-order valence-corrected chi connectivity index (χ2v) is 9.29. The summed E-state index contributed by atoms with van der Waals surface area (Å²) >= 11 is 0. The molecule has 2 aliphatic rings. The number of fused-ring (bicyclic) bond motifs is 1. The smallest absolute Gasteiger partial charge is 0.145 e. The Morgan fingerprint density at radius 1 is 1.12 bits per heavy atom. The fourth-order valence-corrected chi connectivity index (χ4v) is 4.91. The zero-order chi connectivity index (χ0) is 23.5. The highest BCUT2D eigenvalue weighted by Gasteiger charge is 2.27. The lowest BCUT2D eigenvalue weighted by molar-refractivity contribution is -0.104. The Hall–Kier alpha value is -3.30. The van der Waals surface area contributed by atoms with E-state index >= 15 is 0 Å². The van der Waals surface area contributed by atoms with Crippen molar-refractivity contribution in [2.24, 2.45) is 0 Å². The second-order valence-electron chi connectivity index (χ2n) is 9.29. The molecule has 33 heavy (non-hydrogen) atoms. The van der Waals surface area contributed by atoms with Crippen LogP contribution in [0.5, 0.6) is 0 Å². The van der Waals surface area contributed by atoms with E-state index in [-0.39, 0.29) is 0 Å². The molecule has 0 atom stereocenters. The van der Waals surface area contributed by atoms with E-state index in [2.05, 4.69) is 59.4 Å². The number of hydrogen-bond donors (Lipinski definition) is 1. The molecule has 0 unspecified atom stereocenters. The van der Waals surface area contributed by atoms with Crippen LogP contribution in [-0.2, 0) is 4.79 Å². The van der Waals surface area contributed by atoms with Gasteiger partial charge in [-0.15, -0.1) is 0 Å². The summed E-state index contributed by atoms with van der Waals surface area (Å²) in [6, 6.07) is 12.8. The van der Waals surface area contributed by atoms with Crippen LogP contribution in [0, 0.1) is 11.3 Å². The molecule has 2 aromatic rings. The van der Waals surface area contributed by atoms with Crippen molar-refractivity contribution >= 4 is 35.1 Å². The molecule has 1 fully saturated rings. The van der Waals surface area contributed by atoms with Crippen LogP contribution in [0.1, 0.15) is 42.4 Å². The predicted octanol–water partition coefficient (Wildman–Crippen LogP) is 4.28. The molecule has 1 N–H and O–H groups in total. The van der Waals surface area contributed by atoms with Gasteiger partial charge in [0.05, 0.1) is 28.7 Å². The largest absolute Gasteiger partial charge is 0.377 e.